The fourth-order valence-corrected chi connectivity index (χ4v) is 10.4. The lowest BCUT2D eigenvalue weighted by Gasteiger charge is -2.22. The molecule has 0 saturated carbocycles. The molecule has 0 radical (unpaired) electrons. The third kappa shape index (κ3) is 4.43. The molecule has 9 aromatic carbocycles. The van der Waals surface area contributed by atoms with Crippen LogP contribution in [0, 0.1) is 0 Å². The number of nitrogens with zero attached hydrogens (tertiary/aromatic N) is 4. The Kier molecular flexibility index (Phi) is 6.48. The van der Waals surface area contributed by atoms with Crippen LogP contribution in [0.2, 0.25) is 0 Å². The van der Waals surface area contributed by atoms with Gasteiger partial charge in [0.2, 0.25) is 5.95 Å². The quantitative estimate of drug-likeness (QED) is 0.180. The molecule has 4 nitrogen and oxygen atoms in total. The van der Waals surface area contributed by atoms with Crippen molar-refractivity contribution in [2.24, 2.45) is 0 Å². The van der Waals surface area contributed by atoms with Crippen molar-refractivity contribution < 1.29 is 0 Å². The average molecular weight is 753 g/mol. The molecule has 12 aromatic rings. The van der Waals surface area contributed by atoms with Crippen LogP contribution in [0.1, 0.15) is 25.0 Å². The standard InChI is InChI=1S/C55H36N4/c1-55(2)45-20-10-7-17-39(45)40-27-24-35(31-46(40)55)52-43-19-8-11-21-47(43)56-54(57-52)59-49-30-26-36(32-44(49)51-37-15-5-3-13-33(37)25-29-50(51)59)58-48-22-12-9-18-41(48)42-28-23-34-14-4-6-16-38(34)53(42)58/h3-32H,1-2H3. The maximum absolute atomic E-state index is 5.55. The number of benzene rings is 9. The minimum absolute atomic E-state index is 0.123. The summed E-state index contributed by atoms with van der Waals surface area (Å²) in [6.45, 7) is 4.67. The van der Waals surface area contributed by atoms with Gasteiger partial charge in [0.15, 0.2) is 0 Å². The van der Waals surface area contributed by atoms with E-state index in [9.17, 15) is 0 Å². The first-order chi connectivity index (χ1) is 29.0. The number of aromatic nitrogens is 4. The van der Waals surface area contributed by atoms with Gasteiger partial charge in [-0.3, -0.25) is 4.57 Å². The molecule has 59 heavy (non-hydrogen) atoms. The van der Waals surface area contributed by atoms with Crippen molar-refractivity contribution in [2.45, 2.75) is 19.3 Å². The molecular weight excluding hydrogens is 717 g/mol. The Morgan fingerprint density at radius 1 is 0.424 bits per heavy atom. The maximum atomic E-state index is 5.55. The molecule has 0 atom stereocenters. The number of rotatable bonds is 3. The number of hydrogen-bond acceptors (Lipinski definition) is 2. The van der Waals surface area contributed by atoms with Crippen LogP contribution >= 0.6 is 0 Å². The highest BCUT2D eigenvalue weighted by Gasteiger charge is 2.35. The molecule has 0 unspecified atom stereocenters. The predicted octanol–water partition coefficient (Wildman–Crippen LogP) is 14.1. The van der Waals surface area contributed by atoms with Gasteiger partial charge in [0, 0.05) is 49.0 Å². The monoisotopic (exact) mass is 752 g/mol. The molecule has 0 amide bonds. The molecule has 0 N–H and O–H groups in total. The Bertz CT molecular complexity index is 3770. The van der Waals surface area contributed by atoms with Crippen molar-refractivity contribution in [1.82, 2.24) is 19.1 Å². The summed E-state index contributed by atoms with van der Waals surface area (Å²) in [5, 5.41) is 10.8. The molecule has 3 heterocycles. The van der Waals surface area contributed by atoms with Gasteiger partial charge in [0.1, 0.15) is 0 Å². The van der Waals surface area contributed by atoms with Crippen LogP contribution < -0.4 is 0 Å². The van der Waals surface area contributed by atoms with Gasteiger partial charge < -0.3 is 4.57 Å². The van der Waals surface area contributed by atoms with Crippen molar-refractivity contribution in [1.29, 1.82) is 0 Å². The molecule has 1 aliphatic carbocycles. The molecule has 13 rings (SSSR count). The van der Waals surface area contributed by atoms with Crippen LogP contribution in [0.25, 0.3) is 110 Å². The van der Waals surface area contributed by atoms with E-state index in [0.717, 1.165) is 44.3 Å². The van der Waals surface area contributed by atoms with Gasteiger partial charge in [0.25, 0.3) is 0 Å². The normalized spacial score (nSPS) is 13.4. The number of para-hydroxylation sites is 2. The molecular formula is C55H36N4. The van der Waals surface area contributed by atoms with Gasteiger partial charge in [-0.15, -0.1) is 0 Å². The summed E-state index contributed by atoms with van der Waals surface area (Å²) in [7, 11) is 0. The SMILES string of the molecule is CC1(C)c2ccccc2-c2ccc(-c3nc(-n4c5ccc(-n6c7ccccc7c7ccc8ccccc8c76)cc5c5c6ccccc6ccc54)nc4ccccc34)cc21. The summed E-state index contributed by atoms with van der Waals surface area (Å²) in [5.41, 5.74) is 13.8. The Hall–Kier alpha value is -7.56. The number of fused-ring (bicyclic) bond motifs is 14. The van der Waals surface area contributed by atoms with E-state index in [2.05, 4.69) is 205 Å². The Labute approximate surface area is 340 Å². The zero-order chi connectivity index (χ0) is 39.0. The summed E-state index contributed by atoms with van der Waals surface area (Å²) in [6, 6.07) is 66.3. The molecule has 0 saturated heterocycles. The zero-order valence-electron chi connectivity index (χ0n) is 32.6. The summed E-state index contributed by atoms with van der Waals surface area (Å²) in [5.74, 6) is 0.660. The molecule has 1 aliphatic rings. The Morgan fingerprint density at radius 2 is 1.08 bits per heavy atom. The van der Waals surface area contributed by atoms with Gasteiger partial charge in [-0.1, -0.05) is 153 Å². The molecule has 0 aliphatic heterocycles. The van der Waals surface area contributed by atoms with Gasteiger partial charge >= 0.3 is 0 Å². The second kappa shape index (κ2) is 11.7. The average Bonchev–Trinajstić information content (AvgIpc) is 3.89. The largest absolute Gasteiger partial charge is 0.309 e. The van der Waals surface area contributed by atoms with Crippen LogP contribution in [0.4, 0.5) is 0 Å². The van der Waals surface area contributed by atoms with Gasteiger partial charge in [-0.05, 0) is 80.9 Å². The maximum Gasteiger partial charge on any atom is 0.235 e. The topological polar surface area (TPSA) is 35.6 Å². The Morgan fingerprint density at radius 3 is 1.97 bits per heavy atom. The molecule has 4 heteroatoms. The van der Waals surface area contributed by atoms with E-state index < -0.39 is 0 Å². The minimum Gasteiger partial charge on any atom is -0.309 e. The highest BCUT2D eigenvalue weighted by molar-refractivity contribution is 6.22. The van der Waals surface area contributed by atoms with E-state index in [0.29, 0.717) is 5.95 Å². The first-order valence-electron chi connectivity index (χ1n) is 20.4. The third-order valence-corrected chi connectivity index (χ3v) is 13.1. The fourth-order valence-electron chi connectivity index (χ4n) is 10.4. The number of hydrogen-bond donors (Lipinski definition) is 0. The zero-order valence-corrected chi connectivity index (χ0v) is 32.6. The third-order valence-electron chi connectivity index (χ3n) is 13.1. The van der Waals surface area contributed by atoms with Gasteiger partial charge in [0.05, 0.1) is 33.3 Å². The summed E-state index contributed by atoms with van der Waals surface area (Å²) in [6.07, 6.45) is 0. The van der Waals surface area contributed by atoms with E-state index in [1.54, 1.807) is 0 Å². The molecule has 0 spiro atoms. The lowest BCUT2D eigenvalue weighted by molar-refractivity contribution is 0.660. The first-order valence-corrected chi connectivity index (χ1v) is 20.4. The first kappa shape index (κ1) is 32.5. The predicted molar refractivity (Wildman–Crippen MR) is 246 cm³/mol. The second-order valence-electron chi connectivity index (χ2n) is 16.6. The van der Waals surface area contributed by atoms with E-state index >= 15 is 0 Å². The molecule has 276 valence electrons. The van der Waals surface area contributed by atoms with Crippen LogP contribution in [-0.2, 0) is 5.41 Å². The van der Waals surface area contributed by atoms with Crippen LogP contribution in [0.15, 0.2) is 182 Å². The van der Waals surface area contributed by atoms with E-state index in [4.69, 9.17) is 9.97 Å². The molecule has 3 aromatic heterocycles. The highest BCUT2D eigenvalue weighted by atomic mass is 15.2. The minimum atomic E-state index is -0.123. The fraction of sp³-hybridized carbons (Fsp3) is 0.0545. The molecule has 0 bridgehead atoms. The van der Waals surface area contributed by atoms with E-state index in [1.165, 1.54) is 71.0 Å². The van der Waals surface area contributed by atoms with Crippen molar-refractivity contribution >= 4 is 76.1 Å². The van der Waals surface area contributed by atoms with Crippen LogP contribution in [0.5, 0.6) is 0 Å². The van der Waals surface area contributed by atoms with Crippen molar-refractivity contribution in [3.63, 3.8) is 0 Å². The lowest BCUT2D eigenvalue weighted by Crippen LogP contribution is -2.15. The van der Waals surface area contributed by atoms with Crippen molar-refractivity contribution in [2.75, 3.05) is 0 Å². The van der Waals surface area contributed by atoms with E-state index in [-0.39, 0.29) is 5.41 Å². The van der Waals surface area contributed by atoms with Crippen molar-refractivity contribution in [3.05, 3.63) is 193 Å². The second-order valence-corrected chi connectivity index (χ2v) is 16.6. The summed E-state index contributed by atoms with van der Waals surface area (Å²) < 4.78 is 4.74. The van der Waals surface area contributed by atoms with Gasteiger partial charge in [-0.2, -0.15) is 0 Å². The van der Waals surface area contributed by atoms with Crippen LogP contribution in [-0.4, -0.2) is 19.1 Å². The highest BCUT2D eigenvalue weighted by Crippen LogP contribution is 2.50. The molecule has 0 fully saturated rings. The summed E-state index contributed by atoms with van der Waals surface area (Å²) in [4.78, 5) is 10.9. The van der Waals surface area contributed by atoms with Gasteiger partial charge in [-0.25, -0.2) is 9.97 Å². The van der Waals surface area contributed by atoms with Crippen LogP contribution in [0.3, 0.4) is 0 Å². The van der Waals surface area contributed by atoms with E-state index in [1.807, 2.05) is 0 Å². The van der Waals surface area contributed by atoms with Crippen molar-refractivity contribution in [3.8, 4) is 34.0 Å². The smallest absolute Gasteiger partial charge is 0.235 e. The summed E-state index contributed by atoms with van der Waals surface area (Å²) >= 11 is 0. The Balaban J connectivity index is 1.10. The lowest BCUT2D eigenvalue weighted by atomic mass is 9.82.